The van der Waals surface area contributed by atoms with Gasteiger partial charge in [0.15, 0.2) is 0 Å². The number of carbonyl (C=O) groups excluding carboxylic acids is 1. The molecule has 1 atom stereocenters. The van der Waals surface area contributed by atoms with Gasteiger partial charge >= 0.3 is 0 Å². The zero-order valence-electron chi connectivity index (χ0n) is 16.7. The molecule has 3 heterocycles. The SMILES string of the molecule is Cc1ccc(C2=NOC(CC3(C(=O)NCCn4cncn4)CCOCC3)C2)cc1. The van der Waals surface area contributed by atoms with E-state index in [9.17, 15) is 4.79 Å². The van der Waals surface area contributed by atoms with E-state index >= 15 is 0 Å². The van der Waals surface area contributed by atoms with Crippen LogP contribution in [-0.4, -0.2) is 52.2 Å². The van der Waals surface area contributed by atoms with Crippen molar-refractivity contribution in [3.63, 3.8) is 0 Å². The second kappa shape index (κ2) is 8.73. The molecule has 0 spiro atoms. The molecule has 1 saturated heterocycles. The molecule has 2 aromatic rings. The highest BCUT2D eigenvalue weighted by atomic mass is 16.6. The van der Waals surface area contributed by atoms with Crippen LogP contribution < -0.4 is 5.32 Å². The Bertz CT molecular complexity index is 842. The van der Waals surface area contributed by atoms with Crippen LogP contribution in [0.5, 0.6) is 0 Å². The summed E-state index contributed by atoms with van der Waals surface area (Å²) in [5, 5.41) is 11.5. The van der Waals surface area contributed by atoms with Crippen LogP contribution in [0.4, 0.5) is 0 Å². The Morgan fingerprint density at radius 1 is 1.28 bits per heavy atom. The van der Waals surface area contributed by atoms with Gasteiger partial charge in [-0.15, -0.1) is 0 Å². The van der Waals surface area contributed by atoms with Gasteiger partial charge in [0.05, 0.1) is 17.7 Å². The average Bonchev–Trinajstić information content (AvgIpc) is 3.41. The summed E-state index contributed by atoms with van der Waals surface area (Å²) in [6.45, 7) is 4.36. The number of nitrogens with one attached hydrogen (secondary N) is 1. The highest BCUT2D eigenvalue weighted by Crippen LogP contribution is 2.38. The van der Waals surface area contributed by atoms with Crippen molar-refractivity contribution >= 4 is 11.6 Å². The first-order valence-electron chi connectivity index (χ1n) is 10.1. The van der Waals surface area contributed by atoms with E-state index in [-0.39, 0.29) is 12.0 Å². The lowest BCUT2D eigenvalue weighted by molar-refractivity contribution is -0.140. The van der Waals surface area contributed by atoms with Crippen LogP contribution in [0.2, 0.25) is 0 Å². The second-order valence-electron chi connectivity index (χ2n) is 7.85. The summed E-state index contributed by atoms with van der Waals surface area (Å²) in [5.74, 6) is 0.0632. The fourth-order valence-electron chi connectivity index (χ4n) is 4.00. The molecule has 1 fully saturated rings. The maximum atomic E-state index is 13.1. The van der Waals surface area contributed by atoms with Crippen LogP contribution in [0.3, 0.4) is 0 Å². The molecular weight excluding hydrogens is 370 g/mol. The van der Waals surface area contributed by atoms with Gasteiger partial charge in [0.25, 0.3) is 0 Å². The number of ether oxygens (including phenoxy) is 1. The minimum atomic E-state index is -0.483. The predicted molar refractivity (Wildman–Crippen MR) is 107 cm³/mol. The van der Waals surface area contributed by atoms with Crippen LogP contribution >= 0.6 is 0 Å². The second-order valence-corrected chi connectivity index (χ2v) is 7.85. The highest BCUT2D eigenvalue weighted by Gasteiger charge is 2.43. The van der Waals surface area contributed by atoms with Gasteiger partial charge < -0.3 is 14.9 Å². The Morgan fingerprint density at radius 3 is 2.79 bits per heavy atom. The number of aromatic nitrogens is 3. The van der Waals surface area contributed by atoms with Gasteiger partial charge in [-0.2, -0.15) is 5.10 Å². The molecule has 4 rings (SSSR count). The van der Waals surface area contributed by atoms with Crippen LogP contribution in [0.1, 0.15) is 36.8 Å². The quantitative estimate of drug-likeness (QED) is 0.773. The minimum absolute atomic E-state index is 0.0632. The average molecular weight is 397 g/mol. The van der Waals surface area contributed by atoms with Gasteiger partial charge in [0.2, 0.25) is 5.91 Å². The maximum absolute atomic E-state index is 13.1. The zero-order chi connectivity index (χ0) is 20.1. The minimum Gasteiger partial charge on any atom is -0.392 e. The molecule has 1 aromatic heterocycles. The highest BCUT2D eigenvalue weighted by molar-refractivity contribution is 6.01. The van der Waals surface area contributed by atoms with Gasteiger partial charge in [-0.3, -0.25) is 9.48 Å². The van der Waals surface area contributed by atoms with Crippen molar-refractivity contribution in [2.75, 3.05) is 19.8 Å². The van der Waals surface area contributed by atoms with Crippen molar-refractivity contribution < 1.29 is 14.4 Å². The summed E-state index contributed by atoms with van der Waals surface area (Å²) in [6, 6.07) is 8.30. The monoisotopic (exact) mass is 397 g/mol. The fraction of sp³-hybridized carbons (Fsp3) is 0.524. The molecule has 1 aromatic carbocycles. The standard InChI is InChI=1S/C21H27N5O3/c1-16-2-4-17(5-3-16)19-12-18(29-25-19)13-21(6-10-28-11-7-21)20(27)23-8-9-26-15-22-14-24-26/h2-5,14-15,18H,6-13H2,1H3,(H,23,27). The van der Waals surface area contributed by atoms with Crippen molar-refractivity contribution in [3.8, 4) is 0 Å². The molecule has 1 unspecified atom stereocenters. The predicted octanol–water partition coefficient (Wildman–Crippen LogP) is 2.08. The number of rotatable bonds is 7. The Morgan fingerprint density at radius 2 is 2.07 bits per heavy atom. The molecule has 8 heteroatoms. The van der Waals surface area contributed by atoms with Gasteiger partial charge in [-0.25, -0.2) is 4.98 Å². The molecule has 0 aliphatic carbocycles. The van der Waals surface area contributed by atoms with E-state index in [1.807, 2.05) is 0 Å². The molecule has 154 valence electrons. The van der Waals surface area contributed by atoms with Crippen LogP contribution in [0.15, 0.2) is 42.1 Å². The molecule has 0 bridgehead atoms. The summed E-state index contributed by atoms with van der Waals surface area (Å²) >= 11 is 0. The van der Waals surface area contributed by atoms with Crippen LogP contribution in [-0.2, 0) is 20.9 Å². The lowest BCUT2D eigenvalue weighted by Gasteiger charge is -2.36. The molecule has 2 aliphatic heterocycles. The normalized spacial score (nSPS) is 20.7. The van der Waals surface area contributed by atoms with E-state index < -0.39 is 5.41 Å². The number of hydrogen-bond donors (Lipinski definition) is 1. The summed E-state index contributed by atoms with van der Waals surface area (Å²) in [5.41, 5.74) is 2.76. The first-order valence-corrected chi connectivity index (χ1v) is 10.1. The summed E-state index contributed by atoms with van der Waals surface area (Å²) in [7, 11) is 0. The molecule has 8 nitrogen and oxygen atoms in total. The largest absolute Gasteiger partial charge is 0.392 e. The van der Waals surface area contributed by atoms with E-state index in [1.165, 1.54) is 11.9 Å². The smallest absolute Gasteiger partial charge is 0.226 e. The van der Waals surface area contributed by atoms with Crippen LogP contribution in [0.25, 0.3) is 0 Å². The third-order valence-electron chi connectivity index (χ3n) is 5.76. The number of hydrogen-bond acceptors (Lipinski definition) is 6. The van der Waals surface area contributed by atoms with Crippen molar-refractivity contribution in [1.29, 1.82) is 0 Å². The maximum Gasteiger partial charge on any atom is 0.226 e. The lowest BCUT2D eigenvalue weighted by Crippen LogP contribution is -2.47. The van der Waals surface area contributed by atoms with E-state index in [0.717, 1.165) is 17.7 Å². The van der Waals surface area contributed by atoms with Crippen molar-refractivity contribution in [2.45, 2.75) is 45.3 Å². The number of amides is 1. The third kappa shape index (κ3) is 4.64. The summed E-state index contributed by atoms with van der Waals surface area (Å²) in [6.07, 6.45) is 5.80. The van der Waals surface area contributed by atoms with E-state index in [4.69, 9.17) is 9.57 Å². The Kier molecular flexibility index (Phi) is 5.89. The van der Waals surface area contributed by atoms with Gasteiger partial charge in [-0.1, -0.05) is 35.0 Å². The molecule has 2 aliphatic rings. The van der Waals surface area contributed by atoms with Crippen molar-refractivity contribution in [2.24, 2.45) is 10.6 Å². The molecule has 0 radical (unpaired) electrons. The first-order chi connectivity index (χ1) is 14.1. The number of oxime groups is 1. The third-order valence-corrected chi connectivity index (χ3v) is 5.76. The Balaban J connectivity index is 1.36. The Labute approximate surface area is 170 Å². The number of aryl methyl sites for hydroxylation is 1. The van der Waals surface area contributed by atoms with Gasteiger partial charge in [-0.05, 0) is 25.3 Å². The first kappa shape index (κ1) is 19.6. The van der Waals surface area contributed by atoms with Crippen molar-refractivity contribution in [3.05, 3.63) is 48.0 Å². The summed E-state index contributed by atoms with van der Waals surface area (Å²) in [4.78, 5) is 22.8. The van der Waals surface area contributed by atoms with Gasteiger partial charge in [0.1, 0.15) is 18.8 Å². The number of carbonyl (C=O) groups is 1. The van der Waals surface area contributed by atoms with Crippen molar-refractivity contribution in [1.82, 2.24) is 20.1 Å². The van der Waals surface area contributed by atoms with E-state index in [2.05, 4.69) is 51.7 Å². The van der Waals surface area contributed by atoms with E-state index in [0.29, 0.717) is 45.6 Å². The Hall–Kier alpha value is -2.74. The van der Waals surface area contributed by atoms with E-state index in [1.54, 1.807) is 11.0 Å². The lowest BCUT2D eigenvalue weighted by atomic mass is 9.74. The number of nitrogens with zero attached hydrogens (tertiary/aromatic N) is 4. The number of benzene rings is 1. The van der Waals surface area contributed by atoms with Crippen LogP contribution in [0, 0.1) is 12.3 Å². The molecular formula is C21H27N5O3. The fourth-order valence-corrected chi connectivity index (χ4v) is 4.00. The van der Waals surface area contributed by atoms with Gasteiger partial charge in [0, 0.05) is 32.6 Å². The summed E-state index contributed by atoms with van der Waals surface area (Å²) < 4.78 is 7.24. The molecule has 29 heavy (non-hydrogen) atoms. The molecule has 1 N–H and O–H groups in total. The zero-order valence-corrected chi connectivity index (χ0v) is 16.7. The topological polar surface area (TPSA) is 90.6 Å². The molecule has 1 amide bonds. The molecule has 0 saturated carbocycles.